The Morgan fingerprint density at radius 1 is 0.184 bits per heavy atom. The van der Waals surface area contributed by atoms with E-state index in [4.69, 9.17) is 21.3 Å². The second-order valence-corrected chi connectivity index (χ2v) is 56.0. The topological polar surface area (TPSA) is 56.4 Å². The van der Waals surface area contributed by atoms with Gasteiger partial charge in [-0.15, -0.1) is 22.2 Å². The number of allylic oxidation sites excluding steroid dienone is 8. The van der Waals surface area contributed by atoms with Gasteiger partial charge in [-0.2, -0.15) is 0 Å². The Hall–Kier alpha value is -6.90. The molecule has 8 aromatic rings. The molecule has 0 aliphatic heterocycles. The van der Waals surface area contributed by atoms with E-state index in [0.29, 0.717) is 0 Å². The van der Waals surface area contributed by atoms with Crippen molar-refractivity contribution in [2.75, 3.05) is 0 Å². The molecule has 8 unspecified atom stereocenters. The normalized spacial score (nSPS) is 28.3. The Kier molecular flexibility index (Phi) is 32.9. The standard InChI is InChI=1S/4C29H38NSi.Ti/c4*1-27(2)28(3,30-24-16-12-13-17-24)22-14-7-15-23-29(27,4)31(25-18-8-5-9-19-25)26-20-10-6-11-21-26;/h4*5-6,8-13,16-21,24,31H,7,14-15,22-23H2,1-4H3;/q4*-1;+4. The van der Waals surface area contributed by atoms with Gasteiger partial charge in [0, 0.05) is 0 Å². The fraction of sp³-hybridized carbons (Fsp3) is 0.448. The molecular formula is C116H152N4Si4Ti. The maximum atomic E-state index is 5.54. The zero-order valence-electron chi connectivity index (χ0n) is 79.4. The van der Waals surface area contributed by atoms with Gasteiger partial charge in [-0.05, 0) is 67.5 Å². The predicted molar refractivity (Wildman–Crippen MR) is 553 cm³/mol. The SMILES string of the molecule is CC1([N-]C2C=CC=C2)CCCCCC(C)([SiH](c2ccccc2)c2ccccc2)C1(C)C.CC1([N-]C2C=CC=C2)CCCCCC(C)([SiH](c2ccccc2)c2ccccc2)C1(C)C.CC1([N-]C2C=CC=C2)CCCCCC(C)([SiH](c2ccccc2)c2ccccc2)C1(C)C.CC1([N-]C2C=CC=C2)CCCCCC(C)([SiH](c2ccccc2)c2ccccc2)C1(C)C.[Ti+4]. The Labute approximate surface area is 780 Å². The summed E-state index contributed by atoms with van der Waals surface area (Å²) < 4.78 is 0. The average molecular weight is 1760 g/mol. The van der Waals surface area contributed by atoms with Gasteiger partial charge in [-0.1, -0.05) is 619 Å². The Balaban J connectivity index is 0.000000151. The summed E-state index contributed by atoms with van der Waals surface area (Å²) in [6.07, 6.45) is 60.7. The van der Waals surface area contributed by atoms with E-state index in [0.717, 1.165) is 0 Å². The first-order chi connectivity index (χ1) is 59.5. The third-order valence-electron chi connectivity index (χ3n) is 34.8. The van der Waals surface area contributed by atoms with E-state index in [9.17, 15) is 0 Å². The van der Waals surface area contributed by atoms with Crippen LogP contribution < -0.4 is 41.5 Å². The third-order valence-corrected chi connectivity index (χ3v) is 52.3. The van der Waals surface area contributed by atoms with E-state index >= 15 is 0 Å². The molecule has 0 saturated heterocycles. The maximum absolute atomic E-state index is 5.54. The van der Waals surface area contributed by atoms with Crippen molar-refractivity contribution < 1.29 is 21.7 Å². The van der Waals surface area contributed by atoms with Crippen LogP contribution in [-0.2, 0) is 21.7 Å². The molecule has 8 aliphatic rings. The fourth-order valence-corrected chi connectivity index (χ4v) is 43.0. The molecule has 9 heteroatoms. The van der Waals surface area contributed by atoms with Crippen LogP contribution in [0.1, 0.15) is 239 Å². The van der Waals surface area contributed by atoms with Gasteiger partial charge in [0.25, 0.3) is 0 Å². The van der Waals surface area contributed by atoms with Crippen molar-refractivity contribution in [3.63, 3.8) is 0 Å². The van der Waals surface area contributed by atoms with Gasteiger partial charge in [0.05, 0.1) is 0 Å². The van der Waals surface area contributed by atoms with Gasteiger partial charge in [0.1, 0.15) is 35.2 Å². The van der Waals surface area contributed by atoms with Crippen molar-refractivity contribution in [2.45, 2.75) is 306 Å². The smallest absolute Gasteiger partial charge is 0.647 e. The summed E-state index contributed by atoms with van der Waals surface area (Å²) in [5, 5.41) is 35.5. The first-order valence-corrected chi connectivity index (χ1v) is 55.1. The summed E-state index contributed by atoms with van der Waals surface area (Å²) in [5.41, 5.74) is 0.0870. The monoisotopic (exact) mass is 1760 g/mol. The van der Waals surface area contributed by atoms with E-state index < -0.39 is 35.2 Å². The predicted octanol–water partition coefficient (Wildman–Crippen LogP) is 25.6. The Bertz CT molecular complexity index is 4090. The van der Waals surface area contributed by atoms with Crippen LogP contribution in [0.3, 0.4) is 0 Å². The van der Waals surface area contributed by atoms with Gasteiger partial charge < -0.3 is 21.3 Å². The summed E-state index contributed by atoms with van der Waals surface area (Å²) in [6, 6.07) is 92.1. The van der Waals surface area contributed by atoms with E-state index in [1.54, 1.807) is 41.5 Å². The van der Waals surface area contributed by atoms with Gasteiger partial charge in [0.2, 0.25) is 0 Å². The number of benzene rings is 8. The Morgan fingerprint density at radius 3 is 0.448 bits per heavy atom. The van der Waals surface area contributed by atoms with Crippen LogP contribution in [0.25, 0.3) is 21.3 Å². The van der Waals surface area contributed by atoms with Crippen LogP contribution in [0, 0.1) is 21.7 Å². The molecular weight excluding hydrogens is 1610 g/mol. The molecule has 0 heterocycles. The molecule has 0 spiro atoms. The average Bonchev–Trinajstić information content (AvgIpc) is 1.07. The minimum Gasteiger partial charge on any atom is -0.647 e. The Morgan fingerprint density at radius 2 is 0.312 bits per heavy atom. The molecule has 0 aromatic heterocycles. The molecule has 4 fully saturated rings. The fourth-order valence-electron chi connectivity index (χ4n) is 24.7. The molecule has 656 valence electrons. The van der Waals surface area contributed by atoms with E-state index in [1.807, 2.05) is 0 Å². The third kappa shape index (κ3) is 20.8. The molecule has 8 aliphatic carbocycles. The van der Waals surface area contributed by atoms with E-state index in [1.165, 1.54) is 128 Å². The minimum absolute atomic E-state index is 0. The molecule has 8 aromatic carbocycles. The second-order valence-electron chi connectivity index (χ2n) is 42.1. The molecule has 0 radical (unpaired) electrons. The summed E-state index contributed by atoms with van der Waals surface area (Å²) >= 11 is 0. The van der Waals surface area contributed by atoms with Gasteiger partial charge in [-0.3, -0.25) is 0 Å². The first kappa shape index (κ1) is 97.2. The first-order valence-electron chi connectivity index (χ1n) is 48.2. The molecule has 4 saturated carbocycles. The van der Waals surface area contributed by atoms with E-state index in [-0.39, 0.29) is 110 Å². The zero-order valence-corrected chi connectivity index (χ0v) is 85.6. The molecule has 0 amide bonds. The summed E-state index contributed by atoms with van der Waals surface area (Å²) in [6.45, 7) is 40.6. The number of hydrogen-bond donors (Lipinski definition) is 0. The zero-order chi connectivity index (χ0) is 87.8. The molecule has 0 bridgehead atoms. The van der Waals surface area contributed by atoms with Gasteiger partial charge in [-0.25, -0.2) is 0 Å². The second kappa shape index (κ2) is 42.3. The van der Waals surface area contributed by atoms with Crippen LogP contribution in [0.2, 0.25) is 20.2 Å². The number of nitrogens with zero attached hydrogens (tertiary/aromatic N) is 4. The van der Waals surface area contributed by atoms with Gasteiger partial charge in [0.15, 0.2) is 0 Å². The quantitative estimate of drug-likeness (QED) is 0.0683. The minimum atomic E-state index is -1.55. The summed E-state index contributed by atoms with van der Waals surface area (Å²) in [5.74, 6) is 0. The molecule has 16 rings (SSSR count). The molecule has 125 heavy (non-hydrogen) atoms. The molecule has 8 atom stereocenters. The van der Waals surface area contributed by atoms with Crippen molar-refractivity contribution in [1.29, 1.82) is 0 Å². The number of hydrogen-bond acceptors (Lipinski definition) is 0. The largest absolute Gasteiger partial charge is 4.00 e. The summed E-state index contributed by atoms with van der Waals surface area (Å²) in [4.78, 5) is 0. The summed E-state index contributed by atoms with van der Waals surface area (Å²) in [7, 11) is -6.19. The number of rotatable bonds is 20. The van der Waals surface area contributed by atoms with Crippen molar-refractivity contribution >= 4 is 76.7 Å². The van der Waals surface area contributed by atoms with Crippen LogP contribution in [0.4, 0.5) is 0 Å². The van der Waals surface area contributed by atoms with Gasteiger partial charge >= 0.3 is 21.7 Å². The molecule has 0 N–H and O–H groups in total. The van der Waals surface area contributed by atoms with Crippen LogP contribution in [0.15, 0.2) is 340 Å². The van der Waals surface area contributed by atoms with Crippen LogP contribution in [0.5, 0.6) is 0 Å². The van der Waals surface area contributed by atoms with Crippen LogP contribution >= 0.6 is 0 Å². The van der Waals surface area contributed by atoms with Crippen molar-refractivity contribution in [2.24, 2.45) is 21.7 Å². The van der Waals surface area contributed by atoms with Crippen LogP contribution in [-0.4, -0.2) is 81.5 Å². The maximum Gasteiger partial charge on any atom is 4.00 e. The van der Waals surface area contributed by atoms with E-state index in [2.05, 4.69) is 451 Å². The van der Waals surface area contributed by atoms with Crippen molar-refractivity contribution in [1.82, 2.24) is 0 Å². The van der Waals surface area contributed by atoms with Crippen molar-refractivity contribution in [3.05, 3.63) is 361 Å². The molecule has 4 nitrogen and oxygen atoms in total. The van der Waals surface area contributed by atoms with Crippen molar-refractivity contribution in [3.8, 4) is 0 Å².